The van der Waals surface area contributed by atoms with Gasteiger partial charge in [0.15, 0.2) is 0 Å². The summed E-state index contributed by atoms with van der Waals surface area (Å²) >= 11 is 7.59. The third-order valence-electron chi connectivity index (χ3n) is 1.95. The van der Waals surface area contributed by atoms with Crippen molar-refractivity contribution in [3.05, 3.63) is 0 Å². The number of amides is 1. The van der Waals surface area contributed by atoms with Crippen LogP contribution in [0.3, 0.4) is 0 Å². The average molecular weight is 312 g/mol. The lowest BCUT2D eigenvalue weighted by atomic mass is 10.3. The average Bonchev–Trinajstić information content (AvgIpc) is 2.35. The molecule has 0 spiro atoms. The number of nitrogens with one attached hydrogen (secondary N) is 2. The normalized spacial score (nSPS) is 13.6. The summed E-state index contributed by atoms with van der Waals surface area (Å²) in [4.78, 5) is 37.3. The van der Waals surface area contributed by atoms with Crippen molar-refractivity contribution in [2.24, 2.45) is 0 Å². The molecule has 110 valence electrons. The van der Waals surface area contributed by atoms with Gasteiger partial charge in [-0.05, 0) is 0 Å². The van der Waals surface area contributed by atoms with Crippen molar-refractivity contribution in [1.82, 2.24) is 10.8 Å². The molecule has 0 aromatic heterocycles. The van der Waals surface area contributed by atoms with Crippen molar-refractivity contribution in [2.45, 2.75) is 18.5 Å². The number of carboxylic acid groups (broad SMARTS) is 2. The van der Waals surface area contributed by atoms with Gasteiger partial charge >= 0.3 is 11.9 Å². The van der Waals surface area contributed by atoms with Crippen LogP contribution in [0.1, 0.15) is 6.42 Å². The number of carbonyl (C=O) groups is 3. The number of hydrogen-bond donors (Lipinski definition) is 6. The first-order valence-electron chi connectivity index (χ1n) is 5.26. The monoisotopic (exact) mass is 312 g/mol. The predicted molar refractivity (Wildman–Crippen MR) is 72.4 cm³/mol. The highest BCUT2D eigenvalue weighted by atomic mass is 32.1. The van der Waals surface area contributed by atoms with Crippen LogP contribution in [0, 0.1) is 0 Å². The molecule has 0 heterocycles. The maximum absolute atomic E-state index is 11.3. The first kappa shape index (κ1) is 18.0. The number of rotatable bonds is 10. The van der Waals surface area contributed by atoms with Crippen molar-refractivity contribution in [1.29, 1.82) is 0 Å². The standard InChI is InChI=1S/C9H16N2O6S2/c12-7(10-5(3-18)8(13)14)1-2-17-11-6(4-19)9(15)16/h5-6,11,18-19H,1-4H2,(H,10,12)(H,13,14)(H,15,16). The molecule has 0 fully saturated rings. The lowest BCUT2D eigenvalue weighted by molar-refractivity contribution is -0.144. The number of hydrogen-bond acceptors (Lipinski definition) is 7. The number of thiol groups is 2. The quantitative estimate of drug-likeness (QED) is 0.170. The number of carbonyl (C=O) groups excluding carboxylic acids is 1. The van der Waals surface area contributed by atoms with Gasteiger partial charge in [-0.2, -0.15) is 30.7 Å². The summed E-state index contributed by atoms with van der Waals surface area (Å²) in [5.41, 5.74) is 2.23. The minimum Gasteiger partial charge on any atom is -0.480 e. The summed E-state index contributed by atoms with van der Waals surface area (Å²) in [7, 11) is 0. The highest BCUT2D eigenvalue weighted by Gasteiger charge is 2.18. The molecule has 0 aromatic carbocycles. The first-order valence-corrected chi connectivity index (χ1v) is 6.52. The minimum atomic E-state index is -1.18. The molecule has 4 N–H and O–H groups in total. The molecule has 0 bridgehead atoms. The number of hydroxylamine groups is 1. The largest absolute Gasteiger partial charge is 0.480 e. The Labute approximate surface area is 120 Å². The summed E-state index contributed by atoms with van der Waals surface area (Å²) in [6.07, 6.45) is -0.108. The van der Waals surface area contributed by atoms with Crippen LogP contribution in [-0.2, 0) is 19.2 Å². The lowest BCUT2D eigenvalue weighted by Gasteiger charge is -2.13. The van der Waals surface area contributed by atoms with E-state index in [0.29, 0.717) is 0 Å². The molecular formula is C9H16N2O6S2. The lowest BCUT2D eigenvalue weighted by Crippen LogP contribution is -2.43. The Morgan fingerprint density at radius 2 is 1.58 bits per heavy atom. The van der Waals surface area contributed by atoms with Gasteiger partial charge in [0.2, 0.25) is 5.91 Å². The molecule has 8 nitrogen and oxygen atoms in total. The highest BCUT2D eigenvalue weighted by molar-refractivity contribution is 7.80. The van der Waals surface area contributed by atoms with Crippen molar-refractivity contribution in [3.8, 4) is 0 Å². The van der Waals surface area contributed by atoms with Crippen LogP contribution in [0.4, 0.5) is 0 Å². The molecule has 19 heavy (non-hydrogen) atoms. The Morgan fingerprint density at radius 1 is 1.05 bits per heavy atom. The molecule has 0 aliphatic rings. The second-order valence-corrected chi connectivity index (χ2v) is 4.16. The van der Waals surface area contributed by atoms with Crippen molar-refractivity contribution in [3.63, 3.8) is 0 Å². The molecular weight excluding hydrogens is 296 g/mol. The van der Waals surface area contributed by atoms with Crippen molar-refractivity contribution < 1.29 is 29.4 Å². The van der Waals surface area contributed by atoms with E-state index in [9.17, 15) is 14.4 Å². The van der Waals surface area contributed by atoms with E-state index in [1.54, 1.807) is 0 Å². The van der Waals surface area contributed by atoms with E-state index in [0.717, 1.165) is 0 Å². The molecule has 0 aliphatic carbocycles. The van der Waals surface area contributed by atoms with E-state index >= 15 is 0 Å². The Bertz CT molecular complexity index is 328. The van der Waals surface area contributed by atoms with Gasteiger partial charge in [0.25, 0.3) is 0 Å². The third kappa shape index (κ3) is 7.93. The smallest absolute Gasteiger partial charge is 0.327 e. The summed E-state index contributed by atoms with van der Waals surface area (Å²) in [6.45, 7) is -0.0949. The van der Waals surface area contributed by atoms with Gasteiger partial charge in [0, 0.05) is 11.5 Å². The van der Waals surface area contributed by atoms with E-state index in [2.05, 4.69) is 36.1 Å². The van der Waals surface area contributed by atoms with Gasteiger partial charge in [-0.3, -0.25) is 9.59 Å². The first-order chi connectivity index (χ1) is 8.92. The SMILES string of the molecule is O=C(CCONC(CS)C(=O)O)NC(CS)C(=O)O. The molecule has 0 radical (unpaired) electrons. The fourth-order valence-electron chi connectivity index (χ4n) is 0.921. The van der Waals surface area contributed by atoms with Crippen LogP contribution in [-0.4, -0.2) is 58.3 Å². The fraction of sp³-hybridized carbons (Fsp3) is 0.667. The van der Waals surface area contributed by atoms with E-state index in [1.807, 2.05) is 0 Å². The summed E-state index contributed by atoms with van der Waals surface area (Å²) in [6, 6.07) is -2.04. The second kappa shape index (κ2) is 9.89. The van der Waals surface area contributed by atoms with E-state index < -0.39 is 29.9 Å². The molecule has 0 rings (SSSR count). The highest BCUT2D eigenvalue weighted by Crippen LogP contribution is 1.92. The van der Waals surface area contributed by atoms with Crippen molar-refractivity contribution in [2.75, 3.05) is 18.1 Å². The molecule has 0 aromatic rings. The molecule has 1 amide bonds. The molecule has 10 heteroatoms. The van der Waals surface area contributed by atoms with Crippen LogP contribution in [0.5, 0.6) is 0 Å². The van der Waals surface area contributed by atoms with Crippen LogP contribution in [0.25, 0.3) is 0 Å². The Hall–Kier alpha value is -0.970. The fourth-order valence-corrected chi connectivity index (χ4v) is 1.40. The molecule has 0 saturated carbocycles. The van der Waals surface area contributed by atoms with E-state index in [-0.39, 0.29) is 24.5 Å². The zero-order chi connectivity index (χ0) is 14.8. The van der Waals surface area contributed by atoms with E-state index in [4.69, 9.17) is 15.1 Å². The second-order valence-electron chi connectivity index (χ2n) is 3.43. The minimum absolute atomic E-state index is 0.0269. The van der Waals surface area contributed by atoms with Crippen LogP contribution >= 0.6 is 25.3 Å². The number of carboxylic acids is 2. The zero-order valence-corrected chi connectivity index (χ0v) is 11.7. The third-order valence-corrected chi connectivity index (χ3v) is 2.68. The van der Waals surface area contributed by atoms with E-state index in [1.165, 1.54) is 0 Å². The van der Waals surface area contributed by atoms with Crippen LogP contribution in [0.15, 0.2) is 0 Å². The van der Waals surface area contributed by atoms with Gasteiger partial charge in [0.1, 0.15) is 12.1 Å². The molecule has 2 atom stereocenters. The van der Waals surface area contributed by atoms with Gasteiger partial charge in [-0.15, -0.1) is 0 Å². The maximum atomic E-state index is 11.3. The summed E-state index contributed by atoms with van der Waals surface area (Å²) in [5.74, 6) is -2.83. The van der Waals surface area contributed by atoms with Gasteiger partial charge in [0.05, 0.1) is 13.0 Å². The maximum Gasteiger partial charge on any atom is 0.327 e. The summed E-state index contributed by atoms with van der Waals surface area (Å²) < 4.78 is 0. The Kier molecular flexibility index (Phi) is 9.39. The van der Waals surface area contributed by atoms with Gasteiger partial charge < -0.3 is 20.4 Å². The topological polar surface area (TPSA) is 125 Å². The summed E-state index contributed by atoms with van der Waals surface area (Å²) in [5, 5.41) is 19.6. The Balaban J connectivity index is 3.86. The number of aliphatic carboxylic acids is 2. The van der Waals surface area contributed by atoms with Crippen LogP contribution in [0.2, 0.25) is 0 Å². The van der Waals surface area contributed by atoms with Gasteiger partial charge in [-0.25, -0.2) is 4.79 Å². The van der Waals surface area contributed by atoms with Crippen LogP contribution < -0.4 is 10.8 Å². The Morgan fingerprint density at radius 3 is 2.00 bits per heavy atom. The predicted octanol–water partition coefficient (Wildman–Crippen LogP) is -1.22. The van der Waals surface area contributed by atoms with Crippen molar-refractivity contribution >= 4 is 43.1 Å². The zero-order valence-electron chi connectivity index (χ0n) is 9.90. The van der Waals surface area contributed by atoms with Gasteiger partial charge in [-0.1, -0.05) is 0 Å². The molecule has 2 unspecified atom stereocenters. The molecule has 0 saturated heterocycles. The molecule has 0 aliphatic heterocycles.